The molecule has 2 amide bonds. The van der Waals surface area contributed by atoms with Gasteiger partial charge in [-0.3, -0.25) is 0 Å². The van der Waals surface area contributed by atoms with E-state index < -0.39 is 0 Å². The predicted molar refractivity (Wildman–Crippen MR) is 76.5 cm³/mol. The minimum Gasteiger partial charge on any atom is -0.352 e. The van der Waals surface area contributed by atoms with Crippen LogP contribution in [0.15, 0.2) is 24.8 Å². The number of nitrogens with one attached hydrogen (secondary N) is 3. The van der Waals surface area contributed by atoms with Gasteiger partial charge in [0.15, 0.2) is 5.82 Å². The van der Waals surface area contributed by atoms with Crippen molar-refractivity contribution in [1.29, 1.82) is 0 Å². The van der Waals surface area contributed by atoms with Gasteiger partial charge in [-0.15, -0.1) is 10.2 Å². The molecule has 0 unspecified atom stereocenters. The normalized spacial score (nSPS) is 11.7. The van der Waals surface area contributed by atoms with Gasteiger partial charge in [-0.1, -0.05) is 0 Å². The zero-order valence-electron chi connectivity index (χ0n) is 11.9. The van der Waals surface area contributed by atoms with Crippen LogP contribution in [0.3, 0.4) is 0 Å². The van der Waals surface area contributed by atoms with Gasteiger partial charge in [0.25, 0.3) is 0 Å². The van der Waals surface area contributed by atoms with E-state index in [2.05, 4.69) is 36.1 Å². The molecule has 3 N–H and O–H groups in total. The van der Waals surface area contributed by atoms with Gasteiger partial charge in [0.2, 0.25) is 5.95 Å². The van der Waals surface area contributed by atoms with Gasteiger partial charge in [-0.2, -0.15) is 0 Å². The minimum atomic E-state index is -0.263. The molecule has 0 aliphatic carbocycles. The van der Waals surface area contributed by atoms with E-state index in [1.54, 1.807) is 29.4 Å². The average molecular weight is 290 g/mol. The summed E-state index contributed by atoms with van der Waals surface area (Å²) in [5.41, 5.74) is 0. The van der Waals surface area contributed by atoms with Crippen LogP contribution in [0.2, 0.25) is 0 Å². The van der Waals surface area contributed by atoms with E-state index in [-0.39, 0.29) is 12.1 Å². The number of carbonyl (C=O) groups is 1. The van der Waals surface area contributed by atoms with E-state index >= 15 is 0 Å². The van der Waals surface area contributed by atoms with Crippen molar-refractivity contribution in [1.82, 2.24) is 35.4 Å². The van der Waals surface area contributed by atoms with Gasteiger partial charge in [0.05, 0.1) is 6.04 Å². The molecular weight excluding hydrogens is 272 g/mol. The fraction of sp³-hybridized carbons (Fsp3) is 0.417. The van der Waals surface area contributed by atoms with Crippen molar-refractivity contribution in [3.8, 4) is 0 Å². The van der Waals surface area contributed by atoms with E-state index in [0.29, 0.717) is 24.9 Å². The number of carbonyl (C=O) groups excluding carboxylic acids is 1. The fourth-order valence-corrected chi connectivity index (χ4v) is 1.74. The second kappa shape index (κ2) is 7.17. The van der Waals surface area contributed by atoms with Crippen LogP contribution in [0, 0.1) is 0 Å². The first-order chi connectivity index (χ1) is 10.2. The average Bonchev–Trinajstić information content (AvgIpc) is 2.91. The summed E-state index contributed by atoms with van der Waals surface area (Å²) in [6, 6.07) is 1.26. The molecule has 0 aliphatic rings. The molecule has 0 radical (unpaired) electrons. The summed E-state index contributed by atoms with van der Waals surface area (Å²) in [7, 11) is 1.83. The van der Waals surface area contributed by atoms with Crippen LogP contribution in [-0.4, -0.2) is 43.9 Å². The van der Waals surface area contributed by atoms with E-state index in [0.717, 1.165) is 0 Å². The molecule has 0 saturated carbocycles. The van der Waals surface area contributed by atoms with Gasteiger partial charge in [0.1, 0.15) is 6.33 Å². The van der Waals surface area contributed by atoms with Crippen LogP contribution in [0.4, 0.5) is 10.7 Å². The van der Waals surface area contributed by atoms with Gasteiger partial charge in [-0.05, 0) is 13.0 Å². The number of hydrogen-bond donors (Lipinski definition) is 3. The first-order valence-electron chi connectivity index (χ1n) is 6.56. The maximum absolute atomic E-state index is 11.7. The maximum Gasteiger partial charge on any atom is 0.315 e. The number of hydrogen-bond acceptors (Lipinski definition) is 6. The number of anilines is 1. The number of urea groups is 1. The molecule has 2 rings (SSSR count). The molecule has 0 aliphatic heterocycles. The molecule has 2 heterocycles. The fourth-order valence-electron chi connectivity index (χ4n) is 1.74. The van der Waals surface area contributed by atoms with Crippen LogP contribution in [0.25, 0.3) is 0 Å². The van der Waals surface area contributed by atoms with Gasteiger partial charge < -0.3 is 20.5 Å². The topological polar surface area (TPSA) is 110 Å². The lowest BCUT2D eigenvalue weighted by Gasteiger charge is -2.13. The van der Waals surface area contributed by atoms with E-state index in [4.69, 9.17) is 0 Å². The van der Waals surface area contributed by atoms with Crippen LogP contribution in [0.5, 0.6) is 0 Å². The third-order valence-corrected chi connectivity index (χ3v) is 2.74. The number of rotatable bonds is 6. The van der Waals surface area contributed by atoms with E-state index in [1.165, 1.54) is 0 Å². The summed E-state index contributed by atoms with van der Waals surface area (Å²) < 4.78 is 1.76. The smallest absolute Gasteiger partial charge is 0.315 e. The lowest BCUT2D eigenvalue weighted by Crippen LogP contribution is -2.39. The number of aryl methyl sites for hydroxylation is 1. The standard InChI is InChI=1S/C12H18N8O/c1-9(10-19-17-8-20(10)2)18-12(21)16-7-6-15-11-13-4-3-5-14-11/h3-5,8-9H,6-7H2,1-2H3,(H,13,14,15)(H2,16,18,21)/t9-/m1/s1. The maximum atomic E-state index is 11.7. The Bertz CT molecular complexity index is 570. The molecule has 0 spiro atoms. The lowest BCUT2D eigenvalue weighted by atomic mass is 10.3. The Morgan fingerprint density at radius 1 is 1.33 bits per heavy atom. The first kappa shape index (κ1) is 14.7. The van der Waals surface area contributed by atoms with Gasteiger partial charge >= 0.3 is 6.03 Å². The van der Waals surface area contributed by atoms with Crippen LogP contribution < -0.4 is 16.0 Å². The van der Waals surface area contributed by atoms with Gasteiger partial charge in [0, 0.05) is 32.5 Å². The predicted octanol–water partition coefficient (Wildman–Crippen LogP) is 0.0774. The summed E-state index contributed by atoms with van der Waals surface area (Å²) >= 11 is 0. The molecule has 2 aromatic heterocycles. The highest BCUT2D eigenvalue weighted by Gasteiger charge is 2.13. The molecule has 1 atom stereocenters. The van der Waals surface area contributed by atoms with E-state index in [1.807, 2.05) is 14.0 Å². The molecule has 9 heteroatoms. The molecule has 21 heavy (non-hydrogen) atoms. The van der Waals surface area contributed by atoms with Crippen LogP contribution >= 0.6 is 0 Å². The zero-order valence-corrected chi connectivity index (χ0v) is 11.9. The number of amides is 2. The third-order valence-electron chi connectivity index (χ3n) is 2.74. The Kier molecular flexibility index (Phi) is 5.02. The highest BCUT2D eigenvalue weighted by Crippen LogP contribution is 2.06. The lowest BCUT2D eigenvalue weighted by molar-refractivity contribution is 0.237. The molecule has 112 valence electrons. The Balaban J connectivity index is 1.67. The first-order valence-corrected chi connectivity index (χ1v) is 6.56. The summed E-state index contributed by atoms with van der Waals surface area (Å²) in [6.07, 6.45) is 4.89. The second-order valence-corrected chi connectivity index (χ2v) is 4.42. The van der Waals surface area contributed by atoms with Crippen molar-refractivity contribution in [2.75, 3.05) is 18.4 Å². The summed E-state index contributed by atoms with van der Waals surface area (Å²) in [5, 5.41) is 16.3. The SMILES string of the molecule is C[C@@H](NC(=O)NCCNc1ncccn1)c1nncn1C. The Morgan fingerprint density at radius 2 is 2.10 bits per heavy atom. The largest absolute Gasteiger partial charge is 0.352 e. The molecule has 0 bridgehead atoms. The monoisotopic (exact) mass is 290 g/mol. The molecule has 2 aromatic rings. The molecule has 0 saturated heterocycles. The Labute approximate surface area is 122 Å². The molecule has 0 aromatic carbocycles. The van der Waals surface area contributed by atoms with Gasteiger partial charge in [-0.25, -0.2) is 14.8 Å². The highest BCUT2D eigenvalue weighted by atomic mass is 16.2. The van der Waals surface area contributed by atoms with Crippen molar-refractivity contribution >= 4 is 12.0 Å². The zero-order chi connectivity index (χ0) is 15.1. The highest BCUT2D eigenvalue weighted by molar-refractivity contribution is 5.74. The van der Waals surface area contributed by atoms with Crippen LogP contribution in [0.1, 0.15) is 18.8 Å². The summed E-state index contributed by atoms with van der Waals surface area (Å²) in [5.74, 6) is 1.23. The Morgan fingerprint density at radius 3 is 2.76 bits per heavy atom. The summed E-state index contributed by atoms with van der Waals surface area (Å²) in [4.78, 5) is 19.8. The number of nitrogens with zero attached hydrogens (tertiary/aromatic N) is 5. The molecular formula is C12H18N8O. The van der Waals surface area contributed by atoms with Crippen LogP contribution in [-0.2, 0) is 7.05 Å². The third kappa shape index (κ3) is 4.41. The Hall–Kier alpha value is -2.71. The van der Waals surface area contributed by atoms with Crippen molar-refractivity contribution in [2.45, 2.75) is 13.0 Å². The van der Waals surface area contributed by atoms with Crippen molar-refractivity contribution < 1.29 is 4.79 Å². The summed E-state index contributed by atoms with van der Waals surface area (Å²) in [6.45, 7) is 2.84. The van der Waals surface area contributed by atoms with Crippen molar-refractivity contribution in [3.05, 3.63) is 30.6 Å². The second-order valence-electron chi connectivity index (χ2n) is 4.42. The van der Waals surface area contributed by atoms with E-state index in [9.17, 15) is 4.79 Å². The van der Waals surface area contributed by atoms with Crippen molar-refractivity contribution in [2.24, 2.45) is 7.05 Å². The molecule has 9 nitrogen and oxygen atoms in total. The molecule has 0 fully saturated rings. The van der Waals surface area contributed by atoms with Crippen molar-refractivity contribution in [3.63, 3.8) is 0 Å². The minimum absolute atomic E-state index is 0.220. The quantitative estimate of drug-likeness (QED) is 0.650. The number of aromatic nitrogens is 5.